The van der Waals surface area contributed by atoms with Crippen LogP contribution in [0.4, 0.5) is 0 Å². The predicted molar refractivity (Wildman–Crippen MR) is 127 cm³/mol. The van der Waals surface area contributed by atoms with Crippen LogP contribution < -0.4 is 16.4 Å². The molecule has 0 aromatic rings. The quantitative estimate of drug-likeness (QED) is 0.362. The lowest BCUT2D eigenvalue weighted by Gasteiger charge is -2.17. The summed E-state index contributed by atoms with van der Waals surface area (Å²) >= 11 is 3.45. The monoisotopic (exact) mass is 445 g/mol. The summed E-state index contributed by atoms with van der Waals surface area (Å²) in [6.45, 7) is 8.73. The summed E-state index contributed by atoms with van der Waals surface area (Å²) in [4.78, 5) is 23.6. The SMILES string of the molecule is CCC.CSCCC(NC(=O)C(/C=C\C/C=C/C1CSC(C)(C)N1)CN)C(=O)O. The zero-order valence-electron chi connectivity index (χ0n) is 18.4. The number of carboxylic acids is 1. The number of allylic oxidation sites excluding steroid dienone is 2. The van der Waals surface area contributed by atoms with Crippen molar-refractivity contribution < 1.29 is 14.7 Å². The van der Waals surface area contributed by atoms with E-state index in [2.05, 4.69) is 50.5 Å². The van der Waals surface area contributed by atoms with Crippen LogP contribution in [0.25, 0.3) is 0 Å². The van der Waals surface area contributed by atoms with Crippen molar-refractivity contribution in [3.05, 3.63) is 24.3 Å². The number of hydrogen-bond donors (Lipinski definition) is 4. The van der Waals surface area contributed by atoms with Crippen molar-refractivity contribution in [2.24, 2.45) is 11.7 Å². The van der Waals surface area contributed by atoms with Crippen LogP contribution in [0.15, 0.2) is 24.3 Å². The van der Waals surface area contributed by atoms with E-state index < -0.39 is 17.9 Å². The number of carbonyl (C=O) groups is 2. The van der Waals surface area contributed by atoms with Crippen molar-refractivity contribution in [2.45, 2.75) is 63.9 Å². The Hall–Kier alpha value is -0.960. The topological polar surface area (TPSA) is 104 Å². The second kappa shape index (κ2) is 15.8. The van der Waals surface area contributed by atoms with Crippen LogP contribution in [-0.4, -0.2) is 58.2 Å². The number of carboxylic acid groups (broad SMARTS) is 1. The Morgan fingerprint density at radius 1 is 1.38 bits per heavy atom. The van der Waals surface area contributed by atoms with Gasteiger partial charge in [-0.1, -0.05) is 44.6 Å². The van der Waals surface area contributed by atoms with Crippen LogP contribution >= 0.6 is 23.5 Å². The average Bonchev–Trinajstić information content (AvgIpc) is 3.00. The van der Waals surface area contributed by atoms with E-state index in [1.807, 2.05) is 24.1 Å². The standard InChI is InChI=1S/C18H31N3O3S2.C3H8/c1-18(2)21-14(12-26-18)8-6-4-5-7-13(11-19)16(22)20-15(17(23)24)9-10-25-3;1-3-2/h5-8,13-15,21H,4,9-12,19H2,1-3H3,(H,20,22)(H,23,24);3H2,1-2H3/b7-5-,8-6+;. The lowest BCUT2D eigenvalue weighted by atomic mass is 10.1. The molecule has 1 aliphatic rings. The maximum absolute atomic E-state index is 12.3. The fourth-order valence-electron chi connectivity index (χ4n) is 2.54. The highest BCUT2D eigenvalue weighted by Gasteiger charge is 2.28. The zero-order chi connectivity index (χ0) is 22.3. The van der Waals surface area contributed by atoms with Crippen LogP contribution in [0.1, 0.15) is 47.0 Å². The summed E-state index contributed by atoms with van der Waals surface area (Å²) in [6, 6.07) is -0.503. The Kier molecular flexibility index (Phi) is 15.3. The number of amides is 1. The summed E-state index contributed by atoms with van der Waals surface area (Å²) in [7, 11) is 0. The molecular formula is C21H39N3O3S2. The highest BCUT2D eigenvalue weighted by molar-refractivity contribution is 8.00. The third-order valence-corrected chi connectivity index (χ3v) is 5.99. The van der Waals surface area contributed by atoms with E-state index in [0.29, 0.717) is 24.6 Å². The summed E-state index contributed by atoms with van der Waals surface area (Å²) in [5, 5.41) is 15.3. The lowest BCUT2D eigenvalue weighted by molar-refractivity contribution is -0.142. The Labute approximate surface area is 184 Å². The molecule has 0 aliphatic carbocycles. The van der Waals surface area contributed by atoms with E-state index in [9.17, 15) is 14.7 Å². The summed E-state index contributed by atoms with van der Waals surface area (Å²) in [5.74, 6) is -0.140. The van der Waals surface area contributed by atoms with Gasteiger partial charge in [0.25, 0.3) is 0 Å². The molecule has 0 aromatic carbocycles. The molecule has 0 saturated carbocycles. The van der Waals surface area contributed by atoms with E-state index in [0.717, 1.165) is 5.75 Å². The number of rotatable bonds is 11. The zero-order valence-corrected chi connectivity index (χ0v) is 20.1. The Bertz CT molecular complexity index is 539. The first-order valence-electron chi connectivity index (χ1n) is 10.2. The van der Waals surface area contributed by atoms with Crippen LogP contribution in [0.5, 0.6) is 0 Å². The fourth-order valence-corrected chi connectivity index (χ4v) is 4.04. The molecule has 1 amide bonds. The number of carbonyl (C=O) groups excluding carboxylic acids is 1. The molecule has 0 spiro atoms. The lowest BCUT2D eigenvalue weighted by Crippen LogP contribution is -2.45. The molecule has 5 N–H and O–H groups in total. The number of thioether (sulfide) groups is 2. The molecule has 0 aromatic heterocycles. The van der Waals surface area contributed by atoms with E-state index in [-0.39, 0.29) is 17.3 Å². The third kappa shape index (κ3) is 13.1. The number of nitrogens with one attached hydrogen (secondary N) is 2. The summed E-state index contributed by atoms with van der Waals surface area (Å²) < 4.78 is 0. The summed E-state index contributed by atoms with van der Waals surface area (Å²) in [5.41, 5.74) is 5.68. The normalized spacial score (nSPS) is 20.3. The second-order valence-electron chi connectivity index (χ2n) is 7.39. The van der Waals surface area contributed by atoms with Crippen LogP contribution in [-0.2, 0) is 9.59 Å². The molecule has 168 valence electrons. The Morgan fingerprint density at radius 2 is 2.03 bits per heavy atom. The minimum atomic E-state index is -1.01. The summed E-state index contributed by atoms with van der Waals surface area (Å²) in [6.07, 6.45) is 12.1. The van der Waals surface area contributed by atoms with Gasteiger partial charge in [-0.2, -0.15) is 11.8 Å². The van der Waals surface area contributed by atoms with Gasteiger partial charge in [-0.3, -0.25) is 10.1 Å². The molecule has 1 heterocycles. The predicted octanol–water partition coefficient (Wildman–Crippen LogP) is 3.24. The first kappa shape index (κ1) is 28.0. The van der Waals surface area contributed by atoms with Gasteiger partial charge in [-0.05, 0) is 38.7 Å². The van der Waals surface area contributed by atoms with Gasteiger partial charge in [-0.25, -0.2) is 4.79 Å². The molecule has 6 nitrogen and oxygen atoms in total. The van der Waals surface area contributed by atoms with Crippen molar-refractivity contribution in [3.63, 3.8) is 0 Å². The highest BCUT2D eigenvalue weighted by Crippen LogP contribution is 2.29. The Morgan fingerprint density at radius 3 is 2.52 bits per heavy atom. The van der Waals surface area contributed by atoms with Crippen molar-refractivity contribution in [1.29, 1.82) is 0 Å². The van der Waals surface area contributed by atoms with Gasteiger partial charge in [0, 0.05) is 18.3 Å². The molecule has 0 bridgehead atoms. The Balaban J connectivity index is 0.00000245. The minimum Gasteiger partial charge on any atom is -0.480 e. The molecular weight excluding hydrogens is 406 g/mol. The molecule has 1 saturated heterocycles. The molecule has 8 heteroatoms. The molecule has 1 aliphatic heterocycles. The van der Waals surface area contributed by atoms with Crippen molar-refractivity contribution >= 4 is 35.4 Å². The van der Waals surface area contributed by atoms with Gasteiger partial charge in [0.05, 0.1) is 10.8 Å². The number of hydrogen-bond acceptors (Lipinski definition) is 6. The van der Waals surface area contributed by atoms with Gasteiger partial charge < -0.3 is 16.2 Å². The maximum atomic E-state index is 12.3. The molecule has 29 heavy (non-hydrogen) atoms. The molecule has 1 fully saturated rings. The van der Waals surface area contributed by atoms with Gasteiger partial charge in [0.15, 0.2) is 0 Å². The van der Waals surface area contributed by atoms with E-state index >= 15 is 0 Å². The first-order valence-corrected chi connectivity index (χ1v) is 12.6. The van der Waals surface area contributed by atoms with Gasteiger partial charge in [-0.15, -0.1) is 11.8 Å². The molecule has 1 rings (SSSR count). The van der Waals surface area contributed by atoms with Crippen molar-refractivity contribution in [3.8, 4) is 0 Å². The van der Waals surface area contributed by atoms with Gasteiger partial charge >= 0.3 is 5.97 Å². The largest absolute Gasteiger partial charge is 0.480 e. The van der Waals surface area contributed by atoms with Crippen LogP contribution in [0.3, 0.4) is 0 Å². The maximum Gasteiger partial charge on any atom is 0.326 e. The van der Waals surface area contributed by atoms with E-state index in [1.165, 1.54) is 6.42 Å². The smallest absolute Gasteiger partial charge is 0.326 e. The minimum absolute atomic E-state index is 0.116. The van der Waals surface area contributed by atoms with E-state index in [4.69, 9.17) is 5.73 Å². The molecule has 3 unspecified atom stereocenters. The van der Waals surface area contributed by atoms with Crippen molar-refractivity contribution in [2.75, 3.05) is 24.3 Å². The van der Waals surface area contributed by atoms with Crippen LogP contribution in [0, 0.1) is 5.92 Å². The first-order chi connectivity index (χ1) is 13.7. The molecule has 0 radical (unpaired) electrons. The second-order valence-corrected chi connectivity index (χ2v) is 10.0. The fraction of sp³-hybridized carbons (Fsp3) is 0.714. The molecule has 3 atom stereocenters. The number of aliphatic carboxylic acids is 1. The number of nitrogens with two attached hydrogens (primary N) is 1. The third-order valence-electron chi connectivity index (χ3n) is 3.98. The van der Waals surface area contributed by atoms with Gasteiger partial charge in [0.2, 0.25) is 5.91 Å². The highest BCUT2D eigenvalue weighted by atomic mass is 32.2. The van der Waals surface area contributed by atoms with Crippen molar-refractivity contribution in [1.82, 2.24) is 10.6 Å². The van der Waals surface area contributed by atoms with Crippen LogP contribution in [0.2, 0.25) is 0 Å². The van der Waals surface area contributed by atoms with Gasteiger partial charge in [0.1, 0.15) is 6.04 Å². The average molecular weight is 446 g/mol. The van der Waals surface area contributed by atoms with E-state index in [1.54, 1.807) is 17.8 Å².